The summed E-state index contributed by atoms with van der Waals surface area (Å²) >= 11 is 0. The van der Waals surface area contributed by atoms with E-state index in [9.17, 15) is 27.6 Å². The normalized spacial score (nSPS) is 22.5. The van der Waals surface area contributed by atoms with E-state index >= 15 is 0 Å². The van der Waals surface area contributed by atoms with Crippen LogP contribution in [0.15, 0.2) is 47.4 Å². The number of unbranched alkanes of at least 4 members (excludes halogenated alkanes) is 2. The average molecular weight is 641 g/mol. The van der Waals surface area contributed by atoms with Gasteiger partial charge in [0.15, 0.2) is 11.2 Å². The lowest BCUT2D eigenvalue weighted by molar-refractivity contribution is -0.807. The molecular weight excluding hydrogens is 599 g/mol. The minimum absolute atomic E-state index is 0.0736. The van der Waals surface area contributed by atoms with Gasteiger partial charge in [-0.25, -0.2) is 14.8 Å². The quantitative estimate of drug-likeness (QED) is 0.159. The highest BCUT2D eigenvalue weighted by atomic mass is 19.4. The lowest BCUT2D eigenvalue weighted by Crippen LogP contribution is -2.46. The minimum Gasteiger partial charge on any atom is -0.369 e. The fourth-order valence-corrected chi connectivity index (χ4v) is 7.17. The standard InChI is InChI=1S/C33H40F3N7O3/c1-5-32-16-9-11-22(31(32,2)20-32)10-7-6-8-17-43(3,4)28(45)21-12-14-24(15-13-21)42(29(46)33(34,35)36)19-23-18-38-26-25(39-23)27(44)41-30(37)40-26/h9,11-15,18,22H,5-8,10,16-17,19-20H2,1-4H3,(H2-,37,38,40,41,44)/p+1. The van der Waals surface area contributed by atoms with Crippen molar-refractivity contribution < 1.29 is 27.2 Å². The van der Waals surface area contributed by atoms with Crippen molar-refractivity contribution in [3.63, 3.8) is 0 Å². The van der Waals surface area contributed by atoms with Crippen LogP contribution in [0.3, 0.4) is 0 Å². The van der Waals surface area contributed by atoms with E-state index in [4.69, 9.17) is 5.73 Å². The number of amides is 2. The van der Waals surface area contributed by atoms with Crippen molar-refractivity contribution in [3.05, 3.63) is 64.2 Å². The average Bonchev–Trinajstić information content (AvgIpc) is 3.65. The number of benzene rings is 1. The summed E-state index contributed by atoms with van der Waals surface area (Å²) in [4.78, 5) is 52.7. The van der Waals surface area contributed by atoms with E-state index in [-0.39, 0.29) is 38.9 Å². The van der Waals surface area contributed by atoms with Crippen LogP contribution >= 0.6 is 0 Å². The Labute approximate surface area is 265 Å². The number of quaternary nitrogens is 1. The third-order valence-electron chi connectivity index (χ3n) is 10.2. The van der Waals surface area contributed by atoms with Gasteiger partial charge in [-0.15, -0.1) is 0 Å². The van der Waals surface area contributed by atoms with Crippen LogP contribution in [-0.4, -0.2) is 63.0 Å². The number of rotatable bonds is 11. The van der Waals surface area contributed by atoms with Gasteiger partial charge in [0, 0.05) is 5.69 Å². The molecule has 0 aliphatic heterocycles. The summed E-state index contributed by atoms with van der Waals surface area (Å²) in [5.74, 6) is -1.89. The molecule has 2 aromatic heterocycles. The molecule has 0 spiro atoms. The van der Waals surface area contributed by atoms with Gasteiger partial charge < -0.3 is 5.73 Å². The largest absolute Gasteiger partial charge is 0.471 e. The molecule has 2 heterocycles. The molecule has 10 nitrogen and oxygen atoms in total. The van der Waals surface area contributed by atoms with Crippen molar-refractivity contribution in [2.24, 2.45) is 16.7 Å². The number of nitrogens with one attached hydrogen (secondary N) is 1. The molecule has 3 N–H and O–H groups in total. The Morgan fingerprint density at radius 2 is 1.85 bits per heavy atom. The maximum absolute atomic E-state index is 13.6. The molecular formula is C33H41F3N7O3+. The Balaban J connectivity index is 1.22. The molecule has 0 bridgehead atoms. The number of carbonyl (C=O) groups is 2. The summed E-state index contributed by atoms with van der Waals surface area (Å²) in [7, 11) is 3.64. The first-order chi connectivity index (χ1) is 21.6. The third-order valence-corrected chi connectivity index (χ3v) is 10.2. The van der Waals surface area contributed by atoms with Gasteiger partial charge in [-0.05, 0) is 79.5 Å². The second-order valence-corrected chi connectivity index (χ2v) is 13.5. The molecule has 2 amide bonds. The highest BCUT2D eigenvalue weighted by molar-refractivity contribution is 5.98. The van der Waals surface area contributed by atoms with E-state index in [1.807, 2.05) is 14.1 Å². The summed E-state index contributed by atoms with van der Waals surface area (Å²) < 4.78 is 40.9. The second-order valence-electron chi connectivity index (χ2n) is 13.5. The Hall–Kier alpha value is -4.13. The number of halogens is 3. The van der Waals surface area contributed by atoms with E-state index in [0.717, 1.165) is 31.9 Å². The summed E-state index contributed by atoms with van der Waals surface area (Å²) in [6, 6.07) is 5.44. The number of allylic oxidation sites excluding steroid dienone is 2. The van der Waals surface area contributed by atoms with Crippen LogP contribution in [0.1, 0.15) is 74.8 Å². The molecule has 13 heteroatoms. The van der Waals surface area contributed by atoms with Gasteiger partial charge in [0.2, 0.25) is 5.95 Å². The van der Waals surface area contributed by atoms with Crippen LogP contribution in [0.5, 0.6) is 0 Å². The number of nitrogens with two attached hydrogens (primary N) is 1. The molecule has 246 valence electrons. The van der Waals surface area contributed by atoms with Crippen molar-refractivity contribution >= 4 is 34.6 Å². The van der Waals surface area contributed by atoms with Crippen LogP contribution in [0, 0.1) is 16.7 Å². The first-order valence-electron chi connectivity index (χ1n) is 15.6. The van der Waals surface area contributed by atoms with Crippen LogP contribution in [0.2, 0.25) is 0 Å². The van der Waals surface area contributed by atoms with Gasteiger partial charge in [0.25, 0.3) is 5.56 Å². The smallest absolute Gasteiger partial charge is 0.369 e. The maximum atomic E-state index is 13.6. The van der Waals surface area contributed by atoms with E-state index in [1.165, 1.54) is 43.5 Å². The summed E-state index contributed by atoms with van der Waals surface area (Å²) in [6.07, 6.45) is 8.55. The Bertz CT molecular complexity index is 1720. The Morgan fingerprint density at radius 1 is 1.13 bits per heavy atom. The van der Waals surface area contributed by atoms with Crippen LogP contribution in [-0.2, 0) is 11.3 Å². The van der Waals surface area contributed by atoms with Crippen LogP contribution < -0.4 is 16.2 Å². The number of nitrogen functional groups attached to an aromatic ring is 1. The predicted molar refractivity (Wildman–Crippen MR) is 169 cm³/mol. The molecule has 1 fully saturated rings. The van der Waals surface area contributed by atoms with Crippen molar-refractivity contribution in [1.29, 1.82) is 0 Å². The lowest BCUT2D eigenvalue weighted by Gasteiger charge is -2.31. The molecule has 1 saturated carbocycles. The van der Waals surface area contributed by atoms with E-state index < -0.39 is 24.2 Å². The molecule has 1 aromatic carbocycles. The number of carbonyl (C=O) groups excluding carboxylic acids is 2. The number of fused-ring (bicyclic) bond motifs is 2. The monoisotopic (exact) mass is 640 g/mol. The molecule has 3 atom stereocenters. The number of aromatic amines is 1. The number of aromatic nitrogens is 4. The highest BCUT2D eigenvalue weighted by Crippen LogP contribution is 2.74. The highest BCUT2D eigenvalue weighted by Gasteiger charge is 2.65. The third kappa shape index (κ3) is 6.42. The first kappa shape index (κ1) is 33.2. The fourth-order valence-electron chi connectivity index (χ4n) is 7.17. The molecule has 2 aliphatic rings. The molecule has 46 heavy (non-hydrogen) atoms. The maximum Gasteiger partial charge on any atom is 0.471 e. The van der Waals surface area contributed by atoms with Gasteiger partial charge in [-0.2, -0.15) is 18.2 Å². The number of hydrogen-bond donors (Lipinski definition) is 2. The number of H-pyrrole nitrogens is 1. The van der Waals surface area contributed by atoms with Gasteiger partial charge in [-0.1, -0.05) is 32.4 Å². The minimum atomic E-state index is -5.19. The number of nitrogens with zero attached hydrogens (tertiary/aromatic N) is 5. The summed E-state index contributed by atoms with van der Waals surface area (Å²) in [5.41, 5.74) is 5.54. The van der Waals surface area contributed by atoms with Crippen molar-refractivity contribution in [2.75, 3.05) is 31.3 Å². The molecule has 5 rings (SSSR count). The molecule has 3 aromatic rings. The first-order valence-corrected chi connectivity index (χ1v) is 15.6. The summed E-state index contributed by atoms with van der Waals surface area (Å²) in [6.45, 7) is 4.72. The zero-order chi connectivity index (χ0) is 33.5. The topological polar surface area (TPSA) is 135 Å². The molecule has 0 radical (unpaired) electrons. The fraction of sp³-hybridized carbons (Fsp3) is 0.515. The SMILES string of the molecule is CCC12CC=CC(CCCCC[N+](C)(C)C(=O)c3ccc(N(Cc4cnc5nc(N)[nH]c(=O)c5n4)C(=O)C(F)(F)F)cc3)C1(C)C2. The molecule has 3 unspecified atom stereocenters. The van der Waals surface area contributed by atoms with Gasteiger partial charge in [-0.3, -0.25) is 24.0 Å². The Morgan fingerprint density at radius 3 is 2.52 bits per heavy atom. The van der Waals surface area contributed by atoms with Crippen molar-refractivity contribution in [2.45, 2.75) is 71.5 Å². The second kappa shape index (κ2) is 12.2. The lowest BCUT2D eigenvalue weighted by atomic mass is 9.74. The van der Waals surface area contributed by atoms with Gasteiger partial charge >= 0.3 is 18.0 Å². The van der Waals surface area contributed by atoms with E-state index in [0.29, 0.717) is 33.8 Å². The Kier molecular flexibility index (Phi) is 8.84. The van der Waals surface area contributed by atoms with Crippen LogP contribution in [0.4, 0.5) is 24.8 Å². The summed E-state index contributed by atoms with van der Waals surface area (Å²) in [5, 5.41) is 0. The zero-order valence-corrected chi connectivity index (χ0v) is 26.7. The van der Waals surface area contributed by atoms with Gasteiger partial charge in [0.05, 0.1) is 44.6 Å². The number of alkyl halides is 3. The molecule has 0 saturated heterocycles. The van der Waals surface area contributed by atoms with Crippen molar-refractivity contribution in [3.8, 4) is 0 Å². The molecule has 2 aliphatic carbocycles. The number of anilines is 2. The van der Waals surface area contributed by atoms with Gasteiger partial charge in [0.1, 0.15) is 0 Å². The van der Waals surface area contributed by atoms with E-state index in [2.05, 4.69) is 45.9 Å². The van der Waals surface area contributed by atoms with E-state index in [1.54, 1.807) is 0 Å². The predicted octanol–water partition coefficient (Wildman–Crippen LogP) is 5.55. The van der Waals surface area contributed by atoms with Crippen LogP contribution in [0.25, 0.3) is 11.2 Å². The van der Waals surface area contributed by atoms with Crippen molar-refractivity contribution in [1.82, 2.24) is 19.9 Å². The zero-order valence-electron chi connectivity index (χ0n) is 26.7. The number of hydrogen-bond acceptors (Lipinski definition) is 7.